The Hall–Kier alpha value is -1.75. The molecule has 0 saturated carbocycles. The molecule has 0 radical (unpaired) electrons. The van der Waals surface area contributed by atoms with Crippen molar-refractivity contribution in [1.82, 2.24) is 0 Å². The average Bonchev–Trinajstić information content (AvgIpc) is 2.26. The molecule has 1 aromatic rings. The van der Waals surface area contributed by atoms with Crippen molar-refractivity contribution in [3.63, 3.8) is 0 Å². The number of carbonyl (C=O) groups is 2. The van der Waals surface area contributed by atoms with E-state index in [0.29, 0.717) is 30.1 Å². The summed E-state index contributed by atoms with van der Waals surface area (Å²) in [6, 6.07) is 6.10. The van der Waals surface area contributed by atoms with E-state index in [-0.39, 0.29) is 5.91 Å². The van der Waals surface area contributed by atoms with Crippen molar-refractivity contribution in [1.29, 1.82) is 0 Å². The van der Waals surface area contributed by atoms with E-state index in [2.05, 4.69) is 10.6 Å². The van der Waals surface area contributed by atoms with E-state index in [1.807, 2.05) is 0 Å². The van der Waals surface area contributed by atoms with Crippen molar-refractivity contribution in [2.75, 3.05) is 16.5 Å². The number of nitrogens with one attached hydrogen (secondary N) is 2. The van der Waals surface area contributed by atoms with Gasteiger partial charge in [-0.2, -0.15) is 0 Å². The van der Waals surface area contributed by atoms with Crippen LogP contribution in [0, 0.1) is 0 Å². The van der Waals surface area contributed by atoms with Gasteiger partial charge < -0.3 is 16.4 Å². The SMILES string of the molecule is NC(=O)Nc1cccc(NC(=O)CCCCl)c1. The van der Waals surface area contributed by atoms with Gasteiger partial charge in [-0.3, -0.25) is 4.79 Å². The topological polar surface area (TPSA) is 84.2 Å². The molecular formula is C11H14ClN3O2. The fourth-order valence-corrected chi connectivity index (χ4v) is 1.40. The summed E-state index contributed by atoms with van der Waals surface area (Å²) in [5.41, 5.74) is 6.13. The summed E-state index contributed by atoms with van der Waals surface area (Å²) in [6.07, 6.45) is 1.00. The summed E-state index contributed by atoms with van der Waals surface area (Å²) in [5.74, 6) is 0.346. The molecule has 4 N–H and O–H groups in total. The molecule has 0 spiro atoms. The highest BCUT2D eigenvalue weighted by Crippen LogP contribution is 2.15. The number of amides is 3. The Labute approximate surface area is 104 Å². The molecular weight excluding hydrogens is 242 g/mol. The van der Waals surface area contributed by atoms with Crippen molar-refractivity contribution in [2.24, 2.45) is 5.73 Å². The number of alkyl halides is 1. The molecule has 0 saturated heterocycles. The zero-order chi connectivity index (χ0) is 12.7. The number of anilines is 2. The molecule has 92 valence electrons. The number of urea groups is 1. The van der Waals surface area contributed by atoms with E-state index in [9.17, 15) is 9.59 Å². The van der Waals surface area contributed by atoms with Gasteiger partial charge in [0.2, 0.25) is 5.91 Å². The quantitative estimate of drug-likeness (QED) is 0.704. The molecule has 0 unspecified atom stereocenters. The fourth-order valence-electron chi connectivity index (χ4n) is 1.27. The molecule has 0 aliphatic heterocycles. The van der Waals surface area contributed by atoms with Gasteiger partial charge in [-0.25, -0.2) is 4.79 Å². The number of primary amides is 1. The van der Waals surface area contributed by atoms with Gasteiger partial charge in [0.1, 0.15) is 0 Å². The van der Waals surface area contributed by atoms with Crippen molar-refractivity contribution >= 4 is 34.9 Å². The minimum absolute atomic E-state index is 0.109. The molecule has 0 atom stereocenters. The Morgan fingerprint density at radius 3 is 2.47 bits per heavy atom. The molecule has 0 bridgehead atoms. The van der Waals surface area contributed by atoms with E-state index in [1.54, 1.807) is 24.3 Å². The summed E-state index contributed by atoms with van der Waals surface area (Å²) < 4.78 is 0. The number of hydrogen-bond acceptors (Lipinski definition) is 2. The lowest BCUT2D eigenvalue weighted by molar-refractivity contribution is -0.116. The van der Waals surface area contributed by atoms with Crippen LogP contribution in [0.2, 0.25) is 0 Å². The number of rotatable bonds is 5. The second-order valence-electron chi connectivity index (χ2n) is 3.41. The van der Waals surface area contributed by atoms with E-state index < -0.39 is 6.03 Å². The van der Waals surface area contributed by atoms with Gasteiger partial charge in [0.05, 0.1) is 0 Å². The van der Waals surface area contributed by atoms with Crippen LogP contribution in [-0.4, -0.2) is 17.8 Å². The van der Waals surface area contributed by atoms with Crippen LogP contribution < -0.4 is 16.4 Å². The highest BCUT2D eigenvalue weighted by molar-refractivity contribution is 6.18. The summed E-state index contributed by atoms with van der Waals surface area (Å²) >= 11 is 5.49. The fraction of sp³-hybridized carbons (Fsp3) is 0.273. The average molecular weight is 256 g/mol. The molecule has 0 fully saturated rings. The summed E-state index contributed by atoms with van der Waals surface area (Å²) in [6.45, 7) is 0. The number of benzene rings is 1. The number of carbonyl (C=O) groups excluding carboxylic acids is 2. The van der Waals surface area contributed by atoms with Crippen LogP contribution in [0.25, 0.3) is 0 Å². The van der Waals surface area contributed by atoms with Gasteiger partial charge >= 0.3 is 6.03 Å². The molecule has 17 heavy (non-hydrogen) atoms. The standard InChI is InChI=1S/C11H14ClN3O2/c12-6-2-5-10(16)14-8-3-1-4-9(7-8)15-11(13)17/h1,3-4,7H,2,5-6H2,(H,14,16)(H3,13,15,17). The number of nitrogens with two attached hydrogens (primary N) is 1. The third-order valence-corrected chi connectivity index (χ3v) is 2.22. The third-order valence-electron chi connectivity index (χ3n) is 1.95. The van der Waals surface area contributed by atoms with Crippen LogP contribution in [0.15, 0.2) is 24.3 Å². The molecule has 5 nitrogen and oxygen atoms in total. The third kappa shape index (κ3) is 5.21. The van der Waals surface area contributed by atoms with Crippen molar-refractivity contribution in [3.8, 4) is 0 Å². The van der Waals surface area contributed by atoms with Gasteiger partial charge in [0.25, 0.3) is 0 Å². The van der Waals surface area contributed by atoms with Gasteiger partial charge in [-0.1, -0.05) is 6.07 Å². The molecule has 0 heterocycles. The molecule has 0 aromatic heterocycles. The molecule has 6 heteroatoms. The van der Waals surface area contributed by atoms with Crippen LogP contribution in [0.4, 0.5) is 16.2 Å². The van der Waals surface area contributed by atoms with Gasteiger partial charge in [-0.15, -0.1) is 11.6 Å². The zero-order valence-corrected chi connectivity index (χ0v) is 9.96. The highest BCUT2D eigenvalue weighted by Gasteiger charge is 2.03. The summed E-state index contributed by atoms with van der Waals surface area (Å²) in [7, 11) is 0. The summed E-state index contributed by atoms with van der Waals surface area (Å²) in [4.78, 5) is 22.1. The Kier molecular flexibility index (Phi) is 5.29. The predicted octanol–water partition coefficient (Wildman–Crippen LogP) is 2.13. The zero-order valence-electron chi connectivity index (χ0n) is 9.20. The van der Waals surface area contributed by atoms with Gasteiger partial charge in [0.15, 0.2) is 0 Å². The normalized spacial score (nSPS) is 9.71. The Morgan fingerprint density at radius 1 is 1.24 bits per heavy atom. The van der Waals surface area contributed by atoms with Crippen LogP contribution in [0.5, 0.6) is 0 Å². The Balaban J connectivity index is 2.59. The van der Waals surface area contributed by atoms with Crippen LogP contribution >= 0.6 is 11.6 Å². The van der Waals surface area contributed by atoms with E-state index in [4.69, 9.17) is 17.3 Å². The van der Waals surface area contributed by atoms with E-state index in [0.717, 1.165) is 0 Å². The molecule has 3 amide bonds. The van der Waals surface area contributed by atoms with E-state index >= 15 is 0 Å². The monoisotopic (exact) mass is 255 g/mol. The van der Waals surface area contributed by atoms with Crippen molar-refractivity contribution < 1.29 is 9.59 Å². The van der Waals surface area contributed by atoms with Gasteiger partial charge in [0, 0.05) is 23.7 Å². The smallest absolute Gasteiger partial charge is 0.316 e. The van der Waals surface area contributed by atoms with E-state index in [1.165, 1.54) is 0 Å². The highest BCUT2D eigenvalue weighted by atomic mass is 35.5. The van der Waals surface area contributed by atoms with Crippen LogP contribution in [-0.2, 0) is 4.79 Å². The minimum Gasteiger partial charge on any atom is -0.351 e. The second-order valence-corrected chi connectivity index (χ2v) is 3.79. The Morgan fingerprint density at radius 2 is 1.88 bits per heavy atom. The number of halogens is 1. The maximum Gasteiger partial charge on any atom is 0.316 e. The van der Waals surface area contributed by atoms with Crippen molar-refractivity contribution in [3.05, 3.63) is 24.3 Å². The first-order chi connectivity index (χ1) is 8.11. The van der Waals surface area contributed by atoms with Crippen molar-refractivity contribution in [2.45, 2.75) is 12.8 Å². The lowest BCUT2D eigenvalue weighted by Gasteiger charge is -2.07. The lowest BCUT2D eigenvalue weighted by Crippen LogP contribution is -2.19. The minimum atomic E-state index is -0.643. The number of hydrogen-bond donors (Lipinski definition) is 3. The lowest BCUT2D eigenvalue weighted by atomic mass is 10.2. The molecule has 0 aliphatic rings. The van der Waals surface area contributed by atoms with Crippen LogP contribution in [0.3, 0.4) is 0 Å². The summed E-state index contributed by atoms with van der Waals surface area (Å²) in [5, 5.41) is 5.13. The maximum absolute atomic E-state index is 11.4. The largest absolute Gasteiger partial charge is 0.351 e. The molecule has 0 aliphatic carbocycles. The van der Waals surface area contributed by atoms with Gasteiger partial charge in [-0.05, 0) is 24.6 Å². The maximum atomic E-state index is 11.4. The molecule has 1 aromatic carbocycles. The second kappa shape index (κ2) is 6.75. The first-order valence-corrected chi connectivity index (χ1v) is 5.67. The predicted molar refractivity (Wildman–Crippen MR) is 68.2 cm³/mol. The Bertz CT molecular complexity index is 409. The first kappa shape index (κ1) is 13.3. The first-order valence-electron chi connectivity index (χ1n) is 5.14. The molecule has 1 rings (SSSR count). The van der Waals surface area contributed by atoms with Crippen LogP contribution in [0.1, 0.15) is 12.8 Å².